The SMILES string of the molecule is COc1cccc([C@@H]2CC(c3ccc(C)cc3)=NN2S(=O)(=O)c2ccc(C)cc2)c1OC. The number of sulfonamides is 1. The van der Waals surface area contributed by atoms with Gasteiger partial charge in [-0.15, -0.1) is 0 Å². The average molecular weight is 451 g/mol. The zero-order chi connectivity index (χ0) is 22.9. The fourth-order valence-electron chi connectivity index (χ4n) is 3.86. The second-order valence-corrected chi connectivity index (χ2v) is 9.60. The summed E-state index contributed by atoms with van der Waals surface area (Å²) < 4.78 is 39.6. The van der Waals surface area contributed by atoms with Crippen LogP contribution < -0.4 is 9.47 Å². The van der Waals surface area contributed by atoms with Gasteiger partial charge in [-0.2, -0.15) is 17.9 Å². The fraction of sp³-hybridized carbons (Fsp3) is 0.240. The van der Waals surface area contributed by atoms with Gasteiger partial charge in [0.2, 0.25) is 0 Å². The highest BCUT2D eigenvalue weighted by molar-refractivity contribution is 7.89. The number of aryl methyl sites for hydroxylation is 2. The summed E-state index contributed by atoms with van der Waals surface area (Å²) in [5, 5.41) is 4.61. The lowest BCUT2D eigenvalue weighted by Crippen LogP contribution is -2.27. The number of hydrogen-bond acceptors (Lipinski definition) is 5. The smallest absolute Gasteiger partial charge is 0.279 e. The van der Waals surface area contributed by atoms with Gasteiger partial charge in [0, 0.05) is 12.0 Å². The van der Waals surface area contributed by atoms with Gasteiger partial charge in [-0.05, 0) is 37.6 Å². The molecular formula is C25H26N2O4S. The molecule has 32 heavy (non-hydrogen) atoms. The van der Waals surface area contributed by atoms with Gasteiger partial charge in [0.15, 0.2) is 11.5 Å². The van der Waals surface area contributed by atoms with Crippen molar-refractivity contribution in [1.82, 2.24) is 4.41 Å². The number of nitrogens with zero attached hydrogens (tertiary/aromatic N) is 2. The van der Waals surface area contributed by atoms with Crippen LogP contribution in [-0.2, 0) is 10.0 Å². The van der Waals surface area contributed by atoms with Crippen LogP contribution >= 0.6 is 0 Å². The van der Waals surface area contributed by atoms with Gasteiger partial charge < -0.3 is 9.47 Å². The van der Waals surface area contributed by atoms with Gasteiger partial charge in [0.25, 0.3) is 10.0 Å². The maximum absolute atomic E-state index is 13.7. The first-order valence-corrected chi connectivity index (χ1v) is 11.8. The van der Waals surface area contributed by atoms with Crippen LogP contribution in [0, 0.1) is 13.8 Å². The van der Waals surface area contributed by atoms with Crippen LogP contribution in [0.2, 0.25) is 0 Å². The summed E-state index contributed by atoms with van der Waals surface area (Å²) >= 11 is 0. The molecule has 6 nitrogen and oxygen atoms in total. The molecule has 1 aliphatic rings. The number of benzene rings is 3. The number of hydrogen-bond donors (Lipinski definition) is 0. The largest absolute Gasteiger partial charge is 0.493 e. The Hall–Kier alpha value is -3.32. The predicted octanol–water partition coefficient (Wildman–Crippen LogP) is 4.86. The highest BCUT2D eigenvalue weighted by Gasteiger charge is 2.39. The average Bonchev–Trinajstić information content (AvgIpc) is 3.25. The number of rotatable bonds is 6. The minimum Gasteiger partial charge on any atom is -0.493 e. The molecule has 0 bridgehead atoms. The Kier molecular flexibility index (Phi) is 5.93. The molecule has 7 heteroatoms. The molecule has 0 aromatic heterocycles. The molecule has 0 amide bonds. The molecule has 0 aliphatic carbocycles. The van der Waals surface area contributed by atoms with E-state index < -0.39 is 16.1 Å². The summed E-state index contributed by atoms with van der Waals surface area (Å²) in [6, 6.07) is 19.6. The molecule has 0 saturated carbocycles. The lowest BCUT2D eigenvalue weighted by molar-refractivity contribution is 0.328. The Morgan fingerprint density at radius 2 is 1.50 bits per heavy atom. The Balaban J connectivity index is 1.85. The Labute approximate surface area is 189 Å². The fourth-order valence-corrected chi connectivity index (χ4v) is 5.28. The third kappa shape index (κ3) is 3.96. The van der Waals surface area contributed by atoms with Crippen LogP contribution in [0.5, 0.6) is 11.5 Å². The van der Waals surface area contributed by atoms with Crippen molar-refractivity contribution in [2.75, 3.05) is 14.2 Å². The van der Waals surface area contributed by atoms with E-state index in [0.717, 1.165) is 16.7 Å². The van der Waals surface area contributed by atoms with E-state index >= 15 is 0 Å². The molecule has 1 heterocycles. The van der Waals surface area contributed by atoms with Crippen molar-refractivity contribution in [1.29, 1.82) is 0 Å². The molecule has 1 atom stereocenters. The predicted molar refractivity (Wildman–Crippen MR) is 125 cm³/mol. The Morgan fingerprint density at radius 1 is 0.875 bits per heavy atom. The van der Waals surface area contributed by atoms with E-state index in [9.17, 15) is 8.42 Å². The van der Waals surface area contributed by atoms with Gasteiger partial charge in [-0.25, -0.2) is 0 Å². The summed E-state index contributed by atoms with van der Waals surface area (Å²) in [4.78, 5) is 0.198. The van der Waals surface area contributed by atoms with Gasteiger partial charge >= 0.3 is 0 Å². The van der Waals surface area contributed by atoms with Gasteiger partial charge in [0.1, 0.15) is 0 Å². The number of methoxy groups -OCH3 is 2. The number of para-hydroxylation sites is 1. The van der Waals surface area contributed by atoms with E-state index in [1.165, 1.54) is 4.41 Å². The number of ether oxygens (including phenoxy) is 2. The molecule has 0 fully saturated rings. The van der Waals surface area contributed by atoms with Crippen LogP contribution in [0.25, 0.3) is 0 Å². The molecule has 4 rings (SSSR count). The molecular weight excluding hydrogens is 424 g/mol. The van der Waals surface area contributed by atoms with Crippen LogP contribution in [0.1, 0.15) is 34.7 Å². The summed E-state index contributed by atoms with van der Waals surface area (Å²) in [5.74, 6) is 1.05. The normalized spacial score (nSPS) is 16.1. The number of hydrazone groups is 1. The standard InChI is InChI=1S/C25H26N2O4S/c1-17-8-12-19(13-9-17)22-16-23(21-6-5-7-24(30-3)25(21)31-4)27(26-22)32(28,29)20-14-10-18(2)11-15-20/h5-15,23H,16H2,1-4H3/t23-/m0/s1. The van der Waals surface area contributed by atoms with Crippen LogP contribution in [-0.4, -0.2) is 32.8 Å². The van der Waals surface area contributed by atoms with Crippen molar-refractivity contribution < 1.29 is 17.9 Å². The molecule has 0 unspecified atom stereocenters. The van der Waals surface area contributed by atoms with Gasteiger partial charge in [-0.1, -0.05) is 59.7 Å². The second-order valence-electron chi connectivity index (χ2n) is 7.81. The second kappa shape index (κ2) is 8.67. The van der Waals surface area contributed by atoms with Gasteiger partial charge in [-0.3, -0.25) is 0 Å². The highest BCUT2D eigenvalue weighted by Crippen LogP contribution is 2.43. The van der Waals surface area contributed by atoms with E-state index in [4.69, 9.17) is 9.47 Å². The summed E-state index contributed by atoms with van der Waals surface area (Å²) in [6.07, 6.45) is 0.414. The van der Waals surface area contributed by atoms with Crippen LogP contribution in [0.3, 0.4) is 0 Å². The zero-order valence-electron chi connectivity index (χ0n) is 18.6. The van der Waals surface area contributed by atoms with Crippen molar-refractivity contribution in [3.8, 4) is 11.5 Å². The van der Waals surface area contributed by atoms with Crippen molar-refractivity contribution >= 4 is 15.7 Å². The minimum atomic E-state index is -3.90. The molecule has 3 aromatic carbocycles. The Bertz CT molecular complexity index is 1250. The lowest BCUT2D eigenvalue weighted by Gasteiger charge is -2.25. The highest BCUT2D eigenvalue weighted by atomic mass is 32.2. The third-order valence-corrected chi connectivity index (χ3v) is 7.31. The van der Waals surface area contributed by atoms with E-state index in [1.807, 2.05) is 50.2 Å². The first-order chi connectivity index (χ1) is 15.3. The summed E-state index contributed by atoms with van der Waals surface area (Å²) in [7, 11) is -0.784. The van der Waals surface area contributed by atoms with E-state index in [2.05, 4.69) is 5.10 Å². The molecule has 0 N–H and O–H groups in total. The summed E-state index contributed by atoms with van der Waals surface area (Å²) in [5.41, 5.74) is 4.41. The first-order valence-electron chi connectivity index (χ1n) is 10.3. The maximum atomic E-state index is 13.7. The van der Waals surface area contributed by atoms with Crippen molar-refractivity contribution in [3.05, 3.63) is 89.0 Å². The third-order valence-electron chi connectivity index (χ3n) is 5.61. The quantitative estimate of drug-likeness (QED) is 0.538. The van der Waals surface area contributed by atoms with Crippen LogP contribution in [0.4, 0.5) is 0 Å². The zero-order valence-corrected chi connectivity index (χ0v) is 19.4. The monoisotopic (exact) mass is 450 g/mol. The van der Waals surface area contributed by atoms with E-state index in [1.54, 1.807) is 44.6 Å². The molecule has 0 spiro atoms. The topological polar surface area (TPSA) is 68.2 Å². The minimum absolute atomic E-state index is 0.198. The van der Waals surface area contributed by atoms with Crippen molar-refractivity contribution in [3.63, 3.8) is 0 Å². The maximum Gasteiger partial charge on any atom is 0.279 e. The molecule has 3 aromatic rings. The van der Waals surface area contributed by atoms with Crippen molar-refractivity contribution in [2.45, 2.75) is 31.2 Å². The summed E-state index contributed by atoms with van der Waals surface area (Å²) in [6.45, 7) is 3.93. The molecule has 0 saturated heterocycles. The molecule has 166 valence electrons. The van der Waals surface area contributed by atoms with Crippen molar-refractivity contribution in [2.24, 2.45) is 5.10 Å². The molecule has 0 radical (unpaired) electrons. The lowest BCUT2D eigenvalue weighted by atomic mass is 9.97. The van der Waals surface area contributed by atoms with Gasteiger partial charge in [0.05, 0.1) is 30.9 Å². The Morgan fingerprint density at radius 3 is 2.09 bits per heavy atom. The first kappa shape index (κ1) is 21.9. The van der Waals surface area contributed by atoms with E-state index in [-0.39, 0.29) is 4.90 Å². The molecule has 1 aliphatic heterocycles. The van der Waals surface area contributed by atoms with Crippen LogP contribution in [0.15, 0.2) is 76.7 Å². The van der Waals surface area contributed by atoms with E-state index in [0.29, 0.717) is 29.2 Å².